The summed E-state index contributed by atoms with van der Waals surface area (Å²) in [6, 6.07) is 5.94. The Labute approximate surface area is 143 Å². The Morgan fingerprint density at radius 1 is 1.16 bits per heavy atom. The molecule has 1 aliphatic rings. The summed E-state index contributed by atoms with van der Waals surface area (Å²) in [5.74, 6) is 2.17. The molecule has 0 radical (unpaired) electrons. The molecule has 8 nitrogen and oxygen atoms in total. The Hall–Kier alpha value is -3.03. The van der Waals surface area contributed by atoms with Gasteiger partial charge < -0.3 is 15.2 Å². The van der Waals surface area contributed by atoms with Gasteiger partial charge in [-0.05, 0) is 36.5 Å². The molecular formula is C17H19N5O3. The van der Waals surface area contributed by atoms with Crippen molar-refractivity contribution in [2.24, 2.45) is 0 Å². The van der Waals surface area contributed by atoms with E-state index in [1.165, 1.54) is 6.33 Å². The van der Waals surface area contributed by atoms with Crippen molar-refractivity contribution in [3.63, 3.8) is 0 Å². The fraction of sp³-hybridized carbons (Fsp3) is 0.353. The summed E-state index contributed by atoms with van der Waals surface area (Å²) < 4.78 is 12.3. The van der Waals surface area contributed by atoms with Gasteiger partial charge in [-0.25, -0.2) is 14.8 Å². The predicted molar refractivity (Wildman–Crippen MR) is 93.1 cm³/mol. The molecule has 25 heavy (non-hydrogen) atoms. The minimum absolute atomic E-state index is 0.0664. The van der Waals surface area contributed by atoms with E-state index in [2.05, 4.69) is 15.0 Å². The zero-order valence-electron chi connectivity index (χ0n) is 14.0. The zero-order valence-corrected chi connectivity index (χ0v) is 14.0. The monoisotopic (exact) mass is 341 g/mol. The topological polar surface area (TPSA) is 108 Å². The van der Waals surface area contributed by atoms with Crippen LogP contribution in [-0.4, -0.2) is 33.7 Å². The minimum atomic E-state index is -0.200. The molecule has 0 saturated heterocycles. The molecule has 2 heterocycles. The zero-order chi connectivity index (χ0) is 17.6. The molecule has 0 unspecified atom stereocenters. The number of hydrogen-bond acceptors (Lipinski definition) is 6. The molecule has 0 aliphatic heterocycles. The smallest absolute Gasteiger partial charge is 0.328 e. The number of anilines is 1. The number of fused-ring (bicyclic) bond motifs is 1. The average Bonchev–Trinajstić information content (AvgIpc) is 2.91. The minimum Gasteiger partial charge on any atom is -0.497 e. The van der Waals surface area contributed by atoms with E-state index in [0.29, 0.717) is 22.9 Å². The van der Waals surface area contributed by atoms with E-state index in [-0.39, 0.29) is 11.7 Å². The van der Waals surface area contributed by atoms with Crippen molar-refractivity contribution < 1.29 is 9.47 Å². The second-order valence-corrected chi connectivity index (χ2v) is 6.22. The number of imidazole rings is 1. The van der Waals surface area contributed by atoms with Crippen LogP contribution in [0.1, 0.15) is 30.4 Å². The first kappa shape index (κ1) is 15.5. The lowest BCUT2D eigenvalue weighted by Crippen LogP contribution is -2.31. The molecule has 1 fully saturated rings. The van der Waals surface area contributed by atoms with E-state index in [9.17, 15) is 4.79 Å². The summed E-state index contributed by atoms with van der Waals surface area (Å²) in [5, 5.41) is 0. The van der Waals surface area contributed by atoms with Crippen molar-refractivity contribution in [2.75, 3.05) is 20.0 Å². The summed E-state index contributed by atoms with van der Waals surface area (Å²) in [4.78, 5) is 23.1. The quantitative estimate of drug-likeness (QED) is 0.749. The lowest BCUT2D eigenvalue weighted by atomic mass is 9.75. The lowest BCUT2D eigenvalue weighted by Gasteiger charge is -2.36. The molecule has 0 spiro atoms. The van der Waals surface area contributed by atoms with Crippen LogP contribution in [0.2, 0.25) is 0 Å². The van der Waals surface area contributed by atoms with E-state index >= 15 is 0 Å². The molecule has 0 bridgehead atoms. The number of methoxy groups -OCH3 is 2. The van der Waals surface area contributed by atoms with Crippen LogP contribution in [0.5, 0.6) is 11.5 Å². The molecule has 1 saturated carbocycles. The van der Waals surface area contributed by atoms with E-state index in [0.717, 1.165) is 29.9 Å². The Morgan fingerprint density at radius 2 is 1.84 bits per heavy atom. The number of aromatic amines is 1. The van der Waals surface area contributed by atoms with E-state index < -0.39 is 0 Å². The number of nitrogen functional groups attached to an aromatic ring is 1. The van der Waals surface area contributed by atoms with Gasteiger partial charge in [0.05, 0.1) is 14.2 Å². The second kappa shape index (κ2) is 5.80. The molecular weight excluding hydrogens is 322 g/mol. The standard InChI is InChI=1S/C17H19N5O3/c1-24-12-5-10(6-13(7-12)25-2)9-3-11(4-9)22-14-15(18)19-8-20-16(14)21-17(22)23/h5-9,11H,3-4H2,1-2H3,(H3,18,19,20,21,23)/t9-,11-. The number of rotatable bonds is 4. The average molecular weight is 341 g/mol. The van der Waals surface area contributed by atoms with Gasteiger partial charge in [-0.1, -0.05) is 0 Å². The van der Waals surface area contributed by atoms with E-state index in [1.54, 1.807) is 18.8 Å². The highest BCUT2D eigenvalue weighted by atomic mass is 16.5. The van der Waals surface area contributed by atoms with Gasteiger partial charge in [-0.2, -0.15) is 0 Å². The number of hydrogen-bond donors (Lipinski definition) is 2. The van der Waals surface area contributed by atoms with Crippen LogP contribution in [0.4, 0.5) is 5.82 Å². The Kier molecular flexibility index (Phi) is 3.60. The highest BCUT2D eigenvalue weighted by molar-refractivity contribution is 5.81. The van der Waals surface area contributed by atoms with Crippen LogP contribution in [0.3, 0.4) is 0 Å². The molecule has 0 amide bonds. The number of H-pyrrole nitrogens is 1. The van der Waals surface area contributed by atoms with Crippen LogP contribution < -0.4 is 20.9 Å². The molecule has 3 N–H and O–H groups in total. The van der Waals surface area contributed by atoms with E-state index in [1.807, 2.05) is 18.2 Å². The van der Waals surface area contributed by atoms with Crippen molar-refractivity contribution in [1.29, 1.82) is 0 Å². The molecule has 8 heteroatoms. The third kappa shape index (κ3) is 2.50. The first-order chi connectivity index (χ1) is 12.1. The van der Waals surface area contributed by atoms with Gasteiger partial charge in [-0.15, -0.1) is 0 Å². The van der Waals surface area contributed by atoms with Crippen LogP contribution in [-0.2, 0) is 0 Å². The van der Waals surface area contributed by atoms with Gasteiger partial charge in [0, 0.05) is 12.1 Å². The largest absolute Gasteiger partial charge is 0.497 e. The normalized spacial score (nSPS) is 19.6. The summed E-state index contributed by atoms with van der Waals surface area (Å²) >= 11 is 0. The first-order valence-electron chi connectivity index (χ1n) is 8.04. The van der Waals surface area contributed by atoms with Gasteiger partial charge in [0.2, 0.25) is 0 Å². The molecule has 3 aromatic rings. The number of nitrogens with one attached hydrogen (secondary N) is 1. The number of aromatic nitrogens is 4. The molecule has 2 aromatic heterocycles. The Bertz CT molecular complexity index is 965. The summed E-state index contributed by atoms with van der Waals surface area (Å²) in [7, 11) is 3.27. The fourth-order valence-electron chi connectivity index (χ4n) is 3.47. The highest BCUT2D eigenvalue weighted by Gasteiger charge is 2.34. The Balaban J connectivity index is 1.63. The number of ether oxygens (including phenoxy) is 2. The van der Waals surface area contributed by atoms with Gasteiger partial charge >= 0.3 is 5.69 Å². The maximum atomic E-state index is 12.3. The SMILES string of the molecule is COc1cc(OC)cc([C@H]2C[C@H](n3c(=O)[nH]c4ncnc(N)c43)C2)c1. The lowest BCUT2D eigenvalue weighted by molar-refractivity contribution is 0.264. The summed E-state index contributed by atoms with van der Waals surface area (Å²) in [6.07, 6.45) is 3.01. The van der Waals surface area contributed by atoms with Gasteiger partial charge in [0.1, 0.15) is 23.3 Å². The van der Waals surface area contributed by atoms with Gasteiger partial charge in [0.25, 0.3) is 0 Å². The van der Waals surface area contributed by atoms with Crippen molar-refractivity contribution in [1.82, 2.24) is 19.5 Å². The van der Waals surface area contributed by atoms with Crippen LogP contribution >= 0.6 is 0 Å². The molecule has 0 atom stereocenters. The van der Waals surface area contributed by atoms with Crippen molar-refractivity contribution in [3.05, 3.63) is 40.6 Å². The highest BCUT2D eigenvalue weighted by Crippen LogP contribution is 2.46. The van der Waals surface area contributed by atoms with Crippen molar-refractivity contribution >= 4 is 17.0 Å². The van der Waals surface area contributed by atoms with Crippen LogP contribution in [0, 0.1) is 0 Å². The van der Waals surface area contributed by atoms with E-state index in [4.69, 9.17) is 15.2 Å². The number of benzene rings is 1. The molecule has 1 aliphatic carbocycles. The maximum Gasteiger partial charge on any atom is 0.328 e. The second-order valence-electron chi connectivity index (χ2n) is 6.22. The fourth-order valence-corrected chi connectivity index (χ4v) is 3.47. The third-order valence-corrected chi connectivity index (χ3v) is 4.86. The van der Waals surface area contributed by atoms with Crippen LogP contribution in [0.25, 0.3) is 11.2 Å². The maximum absolute atomic E-state index is 12.3. The molecule has 4 rings (SSSR count). The Morgan fingerprint density at radius 3 is 2.48 bits per heavy atom. The summed E-state index contributed by atoms with van der Waals surface area (Å²) in [5.41, 5.74) is 7.95. The predicted octanol–water partition coefficient (Wildman–Crippen LogP) is 1.84. The van der Waals surface area contributed by atoms with Crippen molar-refractivity contribution in [3.8, 4) is 11.5 Å². The molecule has 1 aromatic carbocycles. The van der Waals surface area contributed by atoms with Crippen LogP contribution in [0.15, 0.2) is 29.3 Å². The first-order valence-corrected chi connectivity index (χ1v) is 8.04. The van der Waals surface area contributed by atoms with Crippen molar-refractivity contribution in [2.45, 2.75) is 24.8 Å². The number of nitrogens with two attached hydrogens (primary N) is 1. The number of nitrogens with zero attached hydrogens (tertiary/aromatic N) is 3. The third-order valence-electron chi connectivity index (χ3n) is 4.86. The van der Waals surface area contributed by atoms with Gasteiger partial charge in [0.15, 0.2) is 11.5 Å². The van der Waals surface area contributed by atoms with Gasteiger partial charge in [-0.3, -0.25) is 9.55 Å². The molecule has 130 valence electrons. The summed E-state index contributed by atoms with van der Waals surface area (Å²) in [6.45, 7) is 0.